The van der Waals surface area contributed by atoms with Gasteiger partial charge in [-0.2, -0.15) is 0 Å². The smallest absolute Gasteiger partial charge is 0.225 e. The van der Waals surface area contributed by atoms with Crippen LogP contribution in [0.2, 0.25) is 5.15 Å². The number of hydrogen-bond donors (Lipinski definition) is 1. The van der Waals surface area contributed by atoms with E-state index in [1.54, 1.807) is 17.5 Å². The predicted molar refractivity (Wildman–Crippen MR) is 87.1 cm³/mol. The monoisotopic (exact) mass is 321 g/mol. The lowest BCUT2D eigenvalue weighted by Gasteiger charge is -2.05. The van der Waals surface area contributed by atoms with Crippen molar-refractivity contribution in [2.75, 3.05) is 11.9 Å². The molecule has 0 saturated carbocycles. The number of aromatic nitrogens is 4. The molecule has 3 aromatic rings. The molecular weight excluding hydrogens is 306 g/mol. The van der Waals surface area contributed by atoms with Crippen LogP contribution in [-0.2, 0) is 13.0 Å². The third kappa shape index (κ3) is 3.33. The van der Waals surface area contributed by atoms with Crippen LogP contribution in [0, 0.1) is 0 Å². The summed E-state index contributed by atoms with van der Waals surface area (Å²) >= 11 is 7.90. The molecule has 0 aliphatic carbocycles. The minimum Gasteiger partial charge on any atom is -0.354 e. The van der Waals surface area contributed by atoms with Crippen molar-refractivity contribution in [3.8, 4) is 0 Å². The maximum atomic E-state index is 6.23. The van der Waals surface area contributed by atoms with E-state index >= 15 is 0 Å². The molecule has 0 aliphatic rings. The van der Waals surface area contributed by atoms with E-state index < -0.39 is 0 Å². The number of thiophene rings is 1. The number of anilines is 1. The molecule has 0 bridgehead atoms. The van der Waals surface area contributed by atoms with Gasteiger partial charge in [0.2, 0.25) is 5.95 Å². The van der Waals surface area contributed by atoms with E-state index in [-0.39, 0.29) is 0 Å². The number of rotatable bonds is 6. The highest BCUT2D eigenvalue weighted by atomic mass is 35.5. The summed E-state index contributed by atoms with van der Waals surface area (Å²) < 4.78 is 2.05. The Balaban J connectivity index is 1.63. The van der Waals surface area contributed by atoms with Crippen LogP contribution in [0.4, 0.5) is 5.95 Å². The van der Waals surface area contributed by atoms with E-state index in [1.807, 2.05) is 17.1 Å². The minimum atomic E-state index is 0.521. The van der Waals surface area contributed by atoms with Crippen molar-refractivity contribution >= 4 is 39.1 Å². The lowest BCUT2D eigenvalue weighted by atomic mass is 10.3. The largest absolute Gasteiger partial charge is 0.354 e. The van der Waals surface area contributed by atoms with Gasteiger partial charge < -0.3 is 9.88 Å². The standard InChI is InChI=1S/C14H16ClN5S/c1-2-10-8-11-12(15)18-14(19-13(11)21-10)17-4-3-6-20-7-5-16-9-20/h5,7-9H,2-4,6H2,1H3,(H,17,18,19). The predicted octanol–water partition coefficient (Wildman–Crippen LogP) is 3.61. The fraction of sp³-hybridized carbons (Fsp3) is 0.357. The Labute approximate surface area is 132 Å². The van der Waals surface area contributed by atoms with E-state index in [0.717, 1.165) is 36.1 Å². The molecule has 3 heterocycles. The van der Waals surface area contributed by atoms with Crippen LogP contribution in [0.3, 0.4) is 0 Å². The van der Waals surface area contributed by atoms with Gasteiger partial charge in [-0.3, -0.25) is 0 Å². The number of nitrogens with zero attached hydrogens (tertiary/aromatic N) is 4. The first kappa shape index (κ1) is 14.3. The summed E-state index contributed by atoms with van der Waals surface area (Å²) in [5.41, 5.74) is 0. The average molecular weight is 322 g/mol. The molecule has 0 aliphatic heterocycles. The molecule has 0 amide bonds. The summed E-state index contributed by atoms with van der Waals surface area (Å²) in [6.07, 6.45) is 7.52. The van der Waals surface area contributed by atoms with Crippen molar-refractivity contribution < 1.29 is 0 Å². The van der Waals surface area contributed by atoms with Crippen molar-refractivity contribution in [1.82, 2.24) is 19.5 Å². The maximum Gasteiger partial charge on any atom is 0.225 e. The summed E-state index contributed by atoms with van der Waals surface area (Å²) in [6, 6.07) is 2.07. The average Bonchev–Trinajstić information content (AvgIpc) is 3.12. The number of halogens is 1. The zero-order chi connectivity index (χ0) is 14.7. The molecule has 0 fully saturated rings. The lowest BCUT2D eigenvalue weighted by Crippen LogP contribution is -2.08. The first-order valence-corrected chi connectivity index (χ1v) is 8.11. The number of imidazole rings is 1. The van der Waals surface area contributed by atoms with Gasteiger partial charge in [0.1, 0.15) is 9.98 Å². The first-order valence-electron chi connectivity index (χ1n) is 6.92. The van der Waals surface area contributed by atoms with Crippen LogP contribution in [0.15, 0.2) is 24.8 Å². The molecule has 7 heteroatoms. The second-order valence-corrected chi connectivity index (χ2v) is 6.18. The third-order valence-corrected chi connectivity index (χ3v) is 4.64. The molecule has 21 heavy (non-hydrogen) atoms. The van der Waals surface area contributed by atoms with Crippen LogP contribution < -0.4 is 5.32 Å². The Kier molecular flexibility index (Phi) is 4.36. The number of nitrogens with one attached hydrogen (secondary N) is 1. The lowest BCUT2D eigenvalue weighted by molar-refractivity contribution is 0.659. The highest BCUT2D eigenvalue weighted by Crippen LogP contribution is 2.29. The topological polar surface area (TPSA) is 55.6 Å². The van der Waals surface area contributed by atoms with Crippen LogP contribution in [0.1, 0.15) is 18.2 Å². The molecule has 0 spiro atoms. The van der Waals surface area contributed by atoms with Crippen LogP contribution in [0.25, 0.3) is 10.2 Å². The fourth-order valence-corrected chi connectivity index (χ4v) is 3.32. The summed E-state index contributed by atoms with van der Waals surface area (Å²) in [5.74, 6) is 0.600. The molecule has 0 saturated heterocycles. The van der Waals surface area contributed by atoms with Crippen molar-refractivity contribution in [2.24, 2.45) is 0 Å². The molecule has 3 aromatic heterocycles. The Hall–Kier alpha value is -1.66. The van der Waals surface area contributed by atoms with Crippen molar-refractivity contribution in [1.29, 1.82) is 0 Å². The molecule has 0 aromatic carbocycles. The van der Waals surface area contributed by atoms with E-state index in [4.69, 9.17) is 11.6 Å². The Bertz CT molecular complexity index is 722. The number of fused-ring (bicyclic) bond motifs is 1. The van der Waals surface area contributed by atoms with E-state index in [9.17, 15) is 0 Å². The van der Waals surface area contributed by atoms with Gasteiger partial charge in [0.05, 0.1) is 6.33 Å². The second kappa shape index (κ2) is 6.41. The van der Waals surface area contributed by atoms with Crippen LogP contribution in [0.5, 0.6) is 0 Å². The quantitative estimate of drug-likeness (QED) is 0.556. The molecule has 1 N–H and O–H groups in total. The minimum absolute atomic E-state index is 0.521. The Morgan fingerprint density at radius 2 is 2.29 bits per heavy atom. The first-order chi connectivity index (χ1) is 10.3. The molecule has 3 rings (SSSR count). The molecule has 5 nitrogen and oxygen atoms in total. The van der Waals surface area contributed by atoms with Gasteiger partial charge in [-0.25, -0.2) is 15.0 Å². The second-order valence-electron chi connectivity index (χ2n) is 4.70. The van der Waals surface area contributed by atoms with Crippen LogP contribution in [-0.4, -0.2) is 26.1 Å². The van der Waals surface area contributed by atoms with Gasteiger partial charge in [-0.1, -0.05) is 18.5 Å². The van der Waals surface area contributed by atoms with Gasteiger partial charge in [0.15, 0.2) is 0 Å². The van der Waals surface area contributed by atoms with Gasteiger partial charge in [-0.05, 0) is 18.9 Å². The molecular formula is C14H16ClN5S. The number of aryl methyl sites for hydroxylation is 2. The molecule has 110 valence electrons. The normalized spacial score (nSPS) is 11.1. The Morgan fingerprint density at radius 3 is 3.05 bits per heavy atom. The van der Waals surface area contributed by atoms with Crippen molar-refractivity contribution in [3.63, 3.8) is 0 Å². The highest BCUT2D eigenvalue weighted by molar-refractivity contribution is 7.18. The Morgan fingerprint density at radius 1 is 1.38 bits per heavy atom. The zero-order valence-corrected chi connectivity index (χ0v) is 13.3. The zero-order valence-electron chi connectivity index (χ0n) is 11.7. The van der Waals surface area contributed by atoms with Crippen LogP contribution >= 0.6 is 22.9 Å². The van der Waals surface area contributed by atoms with Gasteiger partial charge >= 0.3 is 0 Å². The van der Waals surface area contributed by atoms with E-state index in [1.165, 1.54) is 4.88 Å². The van der Waals surface area contributed by atoms with Gasteiger partial charge in [0.25, 0.3) is 0 Å². The molecule has 0 radical (unpaired) electrons. The summed E-state index contributed by atoms with van der Waals surface area (Å²) in [5, 5.41) is 4.70. The highest BCUT2D eigenvalue weighted by Gasteiger charge is 2.09. The molecule has 0 atom stereocenters. The van der Waals surface area contributed by atoms with E-state index in [0.29, 0.717) is 11.1 Å². The van der Waals surface area contributed by atoms with Crippen molar-refractivity contribution in [3.05, 3.63) is 34.8 Å². The summed E-state index contributed by atoms with van der Waals surface area (Å²) in [6.45, 7) is 3.84. The fourth-order valence-electron chi connectivity index (χ4n) is 2.07. The van der Waals surface area contributed by atoms with E-state index in [2.05, 4.69) is 33.3 Å². The molecule has 0 unspecified atom stereocenters. The summed E-state index contributed by atoms with van der Waals surface area (Å²) in [7, 11) is 0. The van der Waals surface area contributed by atoms with Gasteiger partial charge in [-0.15, -0.1) is 11.3 Å². The maximum absolute atomic E-state index is 6.23. The SMILES string of the molecule is CCc1cc2c(Cl)nc(NCCCn3ccnc3)nc2s1. The van der Waals surface area contributed by atoms with Crippen molar-refractivity contribution in [2.45, 2.75) is 26.3 Å². The number of hydrogen-bond acceptors (Lipinski definition) is 5. The third-order valence-electron chi connectivity index (χ3n) is 3.18. The van der Waals surface area contributed by atoms with Gasteiger partial charge in [0, 0.05) is 35.7 Å². The summed E-state index contributed by atoms with van der Waals surface area (Å²) in [4.78, 5) is 15.1.